The van der Waals surface area contributed by atoms with Gasteiger partial charge in [-0.3, -0.25) is 4.79 Å². The van der Waals surface area contributed by atoms with E-state index < -0.39 is 40.1 Å². The monoisotopic (exact) mass is 429 g/mol. The van der Waals surface area contributed by atoms with Crippen LogP contribution >= 0.6 is 0 Å². The number of rotatable bonds is 6. The molecule has 158 valence electrons. The third kappa shape index (κ3) is 5.27. The first-order chi connectivity index (χ1) is 13.3. The summed E-state index contributed by atoms with van der Waals surface area (Å²) in [6, 6.07) is 9.62. The summed E-state index contributed by atoms with van der Waals surface area (Å²) in [5, 5.41) is 2.18. The average molecular weight is 429 g/mol. The molecule has 0 bridgehead atoms. The van der Waals surface area contributed by atoms with Crippen molar-refractivity contribution in [2.24, 2.45) is 0 Å². The molecule has 0 fully saturated rings. The van der Waals surface area contributed by atoms with Crippen LogP contribution in [0, 0.1) is 13.8 Å². The number of para-hydroxylation sites is 1. The van der Waals surface area contributed by atoms with Crippen LogP contribution in [-0.4, -0.2) is 39.3 Å². The molecule has 2 aromatic rings. The molecule has 0 heterocycles. The summed E-state index contributed by atoms with van der Waals surface area (Å²) in [5.74, 6) is -0.895. The van der Waals surface area contributed by atoms with E-state index in [1.807, 2.05) is 0 Å². The maximum absolute atomic E-state index is 13.2. The first-order valence-corrected chi connectivity index (χ1v) is 9.97. The molecular formula is C19H22F3N3O3S. The highest BCUT2D eigenvalue weighted by Crippen LogP contribution is 2.34. The molecule has 0 aromatic heterocycles. The normalized spacial score (nSPS) is 12.1. The second kappa shape index (κ2) is 8.42. The standard InChI is InChI=1S/C19H22F3N3O3S/c1-13-9-10-14(2)17(11-13)25(29(27,28)24(3)4)12-18(26)23-16-8-6-5-7-15(16)19(20,21)22/h5-11H,12H2,1-4H3,(H,23,26). The van der Waals surface area contributed by atoms with Gasteiger partial charge >= 0.3 is 16.4 Å². The Morgan fingerprint density at radius 1 is 1.07 bits per heavy atom. The SMILES string of the molecule is Cc1ccc(C)c(N(CC(=O)Nc2ccccc2C(F)(F)F)S(=O)(=O)N(C)C)c1. The summed E-state index contributed by atoms with van der Waals surface area (Å²) >= 11 is 0. The van der Waals surface area contributed by atoms with E-state index >= 15 is 0 Å². The second-order valence-electron chi connectivity index (χ2n) is 6.68. The van der Waals surface area contributed by atoms with Gasteiger partial charge in [-0.1, -0.05) is 24.3 Å². The Morgan fingerprint density at radius 3 is 2.28 bits per heavy atom. The lowest BCUT2D eigenvalue weighted by atomic mass is 10.1. The summed E-state index contributed by atoms with van der Waals surface area (Å²) in [6.07, 6.45) is -4.66. The smallest absolute Gasteiger partial charge is 0.324 e. The number of anilines is 2. The Hall–Kier alpha value is -2.59. The fraction of sp³-hybridized carbons (Fsp3) is 0.316. The minimum atomic E-state index is -4.66. The van der Waals surface area contributed by atoms with Crippen molar-refractivity contribution in [1.29, 1.82) is 0 Å². The molecule has 1 N–H and O–H groups in total. The molecule has 10 heteroatoms. The van der Waals surface area contributed by atoms with Gasteiger partial charge in [-0.2, -0.15) is 25.9 Å². The predicted molar refractivity (Wildman–Crippen MR) is 106 cm³/mol. The van der Waals surface area contributed by atoms with Gasteiger partial charge in [-0.25, -0.2) is 4.31 Å². The number of aryl methyl sites for hydroxylation is 2. The first kappa shape index (κ1) is 22.7. The third-order valence-electron chi connectivity index (χ3n) is 4.17. The molecule has 29 heavy (non-hydrogen) atoms. The van der Waals surface area contributed by atoms with E-state index in [4.69, 9.17) is 0 Å². The molecule has 0 aliphatic heterocycles. The van der Waals surface area contributed by atoms with Crippen LogP contribution in [0.1, 0.15) is 16.7 Å². The van der Waals surface area contributed by atoms with Crippen LogP contribution in [0.5, 0.6) is 0 Å². The van der Waals surface area contributed by atoms with E-state index in [1.165, 1.54) is 26.2 Å². The van der Waals surface area contributed by atoms with Gasteiger partial charge in [-0.15, -0.1) is 0 Å². The minimum absolute atomic E-state index is 0.276. The topological polar surface area (TPSA) is 69.7 Å². The summed E-state index contributed by atoms with van der Waals surface area (Å²) in [7, 11) is -1.45. The summed E-state index contributed by atoms with van der Waals surface area (Å²) < 4.78 is 66.9. The average Bonchev–Trinajstić information content (AvgIpc) is 2.61. The number of carbonyl (C=O) groups excluding carboxylic acids is 1. The van der Waals surface area contributed by atoms with Crippen molar-refractivity contribution in [1.82, 2.24) is 4.31 Å². The Morgan fingerprint density at radius 2 is 1.69 bits per heavy atom. The zero-order chi connectivity index (χ0) is 22.0. The van der Waals surface area contributed by atoms with E-state index in [0.29, 0.717) is 5.56 Å². The Balaban J connectivity index is 2.41. The maximum atomic E-state index is 13.2. The first-order valence-electron chi connectivity index (χ1n) is 8.57. The Kier molecular flexibility index (Phi) is 6.59. The van der Waals surface area contributed by atoms with Crippen LogP contribution in [0.25, 0.3) is 0 Å². The fourth-order valence-electron chi connectivity index (χ4n) is 2.64. The van der Waals surface area contributed by atoms with E-state index in [0.717, 1.165) is 26.3 Å². The molecule has 0 spiro atoms. The number of nitrogens with one attached hydrogen (secondary N) is 1. The van der Waals surface area contributed by atoms with Crippen LogP contribution in [0.2, 0.25) is 0 Å². The highest BCUT2D eigenvalue weighted by Gasteiger charge is 2.34. The van der Waals surface area contributed by atoms with Crippen LogP contribution < -0.4 is 9.62 Å². The quantitative estimate of drug-likeness (QED) is 0.763. The van der Waals surface area contributed by atoms with Crippen molar-refractivity contribution in [2.75, 3.05) is 30.3 Å². The molecule has 0 radical (unpaired) electrons. The van der Waals surface area contributed by atoms with E-state index in [2.05, 4.69) is 5.32 Å². The van der Waals surface area contributed by atoms with Crippen LogP contribution in [0.3, 0.4) is 0 Å². The number of amides is 1. The van der Waals surface area contributed by atoms with Gasteiger partial charge in [0.1, 0.15) is 6.54 Å². The zero-order valence-corrected chi connectivity index (χ0v) is 17.2. The third-order valence-corrected chi connectivity index (χ3v) is 5.97. The van der Waals surface area contributed by atoms with Gasteiger partial charge < -0.3 is 5.32 Å². The number of benzene rings is 2. The number of hydrogen-bond donors (Lipinski definition) is 1. The van der Waals surface area contributed by atoms with Crippen molar-refractivity contribution >= 4 is 27.5 Å². The molecule has 2 rings (SSSR count). The zero-order valence-electron chi connectivity index (χ0n) is 16.4. The van der Waals surface area contributed by atoms with E-state index in [9.17, 15) is 26.4 Å². The number of hydrogen-bond acceptors (Lipinski definition) is 3. The minimum Gasteiger partial charge on any atom is -0.324 e. The molecule has 6 nitrogen and oxygen atoms in total. The van der Waals surface area contributed by atoms with E-state index in [1.54, 1.807) is 32.0 Å². The molecule has 0 aliphatic rings. The van der Waals surface area contributed by atoms with Gasteiger partial charge in [0.2, 0.25) is 5.91 Å². The number of halogens is 3. The molecular weight excluding hydrogens is 407 g/mol. The Labute approximate surface area is 168 Å². The molecule has 0 saturated carbocycles. The van der Waals surface area contributed by atoms with Gasteiger partial charge in [-0.05, 0) is 43.2 Å². The summed E-state index contributed by atoms with van der Waals surface area (Å²) in [6.45, 7) is 2.77. The van der Waals surface area contributed by atoms with E-state index in [-0.39, 0.29) is 5.69 Å². The highest BCUT2D eigenvalue weighted by molar-refractivity contribution is 7.90. The lowest BCUT2D eigenvalue weighted by molar-refractivity contribution is -0.137. The molecule has 0 atom stereocenters. The van der Waals surface area contributed by atoms with Crippen molar-refractivity contribution in [3.8, 4) is 0 Å². The number of carbonyl (C=O) groups is 1. The van der Waals surface area contributed by atoms with Gasteiger partial charge in [0.05, 0.1) is 16.9 Å². The summed E-state index contributed by atoms with van der Waals surface area (Å²) in [5.41, 5.74) is 0.199. The van der Waals surface area contributed by atoms with Crippen molar-refractivity contribution in [2.45, 2.75) is 20.0 Å². The van der Waals surface area contributed by atoms with Crippen molar-refractivity contribution in [3.05, 3.63) is 59.2 Å². The lowest BCUT2D eigenvalue weighted by Gasteiger charge is -2.28. The van der Waals surface area contributed by atoms with Crippen molar-refractivity contribution < 1.29 is 26.4 Å². The van der Waals surface area contributed by atoms with Gasteiger partial charge in [0, 0.05) is 14.1 Å². The molecule has 0 saturated heterocycles. The van der Waals surface area contributed by atoms with Crippen LogP contribution in [-0.2, 0) is 21.2 Å². The van der Waals surface area contributed by atoms with Crippen molar-refractivity contribution in [3.63, 3.8) is 0 Å². The maximum Gasteiger partial charge on any atom is 0.418 e. The Bertz CT molecular complexity index is 1010. The van der Waals surface area contributed by atoms with Gasteiger partial charge in [0.25, 0.3) is 0 Å². The second-order valence-corrected chi connectivity index (χ2v) is 8.75. The number of nitrogens with zero attached hydrogens (tertiary/aromatic N) is 2. The molecule has 1 amide bonds. The van der Waals surface area contributed by atoms with Crippen LogP contribution in [0.4, 0.5) is 24.5 Å². The molecule has 2 aromatic carbocycles. The molecule has 0 unspecified atom stereocenters. The lowest BCUT2D eigenvalue weighted by Crippen LogP contribution is -2.44. The number of alkyl halides is 3. The summed E-state index contributed by atoms with van der Waals surface area (Å²) in [4.78, 5) is 12.5. The largest absolute Gasteiger partial charge is 0.418 e. The molecule has 0 aliphatic carbocycles. The predicted octanol–water partition coefficient (Wildman–Crippen LogP) is 3.57. The van der Waals surface area contributed by atoms with Gasteiger partial charge in [0.15, 0.2) is 0 Å². The van der Waals surface area contributed by atoms with Crippen LogP contribution in [0.15, 0.2) is 42.5 Å². The fourth-order valence-corrected chi connectivity index (χ4v) is 3.76. The highest BCUT2D eigenvalue weighted by atomic mass is 32.2.